The van der Waals surface area contributed by atoms with Crippen LogP contribution in [0.3, 0.4) is 0 Å². The first-order chi connectivity index (χ1) is 8.09. The maximum Gasteiger partial charge on any atom is 0.239 e. The predicted molar refractivity (Wildman–Crippen MR) is 61.4 cm³/mol. The molecule has 0 aromatic carbocycles. The molecule has 6 heteroatoms. The maximum absolute atomic E-state index is 11.8. The summed E-state index contributed by atoms with van der Waals surface area (Å²) in [5, 5.41) is 8.42. The van der Waals surface area contributed by atoms with Crippen LogP contribution < -0.4 is 16.0 Å². The van der Waals surface area contributed by atoms with E-state index < -0.39 is 0 Å². The zero-order valence-corrected chi connectivity index (χ0v) is 10.0. The van der Waals surface area contributed by atoms with Gasteiger partial charge in [-0.1, -0.05) is 0 Å². The van der Waals surface area contributed by atoms with E-state index in [1.165, 1.54) is 0 Å². The summed E-state index contributed by atoms with van der Waals surface area (Å²) in [5.74, 6) is -0.151. The molecule has 3 N–H and O–H groups in total. The van der Waals surface area contributed by atoms with Crippen molar-refractivity contribution < 1.29 is 14.3 Å². The van der Waals surface area contributed by atoms with E-state index in [2.05, 4.69) is 16.0 Å². The summed E-state index contributed by atoms with van der Waals surface area (Å²) in [6, 6.07) is -0.335. The molecule has 0 radical (unpaired) electrons. The summed E-state index contributed by atoms with van der Waals surface area (Å²) < 4.78 is 5.59. The highest BCUT2D eigenvalue weighted by Crippen LogP contribution is 2.23. The molecule has 96 valence electrons. The second-order valence-electron chi connectivity index (χ2n) is 4.86. The van der Waals surface area contributed by atoms with Crippen molar-refractivity contribution in [3.05, 3.63) is 0 Å². The average Bonchev–Trinajstić information content (AvgIpc) is 2.75. The fourth-order valence-corrected chi connectivity index (χ4v) is 2.13. The Labute approximate surface area is 100 Å². The highest BCUT2D eigenvalue weighted by Gasteiger charge is 2.31. The van der Waals surface area contributed by atoms with Gasteiger partial charge >= 0.3 is 0 Å². The van der Waals surface area contributed by atoms with Crippen LogP contribution in [0.15, 0.2) is 0 Å². The van der Waals surface area contributed by atoms with E-state index in [0.717, 1.165) is 19.4 Å². The van der Waals surface area contributed by atoms with Gasteiger partial charge in [-0.3, -0.25) is 14.9 Å². The first-order valence-electron chi connectivity index (χ1n) is 6.01. The van der Waals surface area contributed by atoms with Crippen LogP contribution in [0.2, 0.25) is 0 Å². The Morgan fingerprint density at radius 3 is 3.06 bits per heavy atom. The van der Waals surface area contributed by atoms with Gasteiger partial charge < -0.3 is 15.4 Å². The number of ether oxygens (including phenoxy) is 1. The minimum Gasteiger partial charge on any atom is -0.373 e. The molecule has 2 fully saturated rings. The van der Waals surface area contributed by atoms with E-state index in [1.807, 2.05) is 6.92 Å². The first-order valence-corrected chi connectivity index (χ1v) is 6.01. The van der Waals surface area contributed by atoms with Gasteiger partial charge in [0.1, 0.15) is 6.04 Å². The third-order valence-electron chi connectivity index (χ3n) is 3.27. The Hall–Kier alpha value is -1.14. The largest absolute Gasteiger partial charge is 0.373 e. The number of hydrogen-bond acceptors (Lipinski definition) is 4. The molecule has 0 aliphatic carbocycles. The van der Waals surface area contributed by atoms with Crippen molar-refractivity contribution in [1.29, 1.82) is 0 Å². The van der Waals surface area contributed by atoms with Gasteiger partial charge in [0, 0.05) is 19.7 Å². The van der Waals surface area contributed by atoms with Gasteiger partial charge in [0.15, 0.2) is 0 Å². The Kier molecular flexibility index (Phi) is 3.63. The second kappa shape index (κ2) is 5.01. The van der Waals surface area contributed by atoms with Crippen LogP contribution in [-0.4, -0.2) is 49.7 Å². The zero-order valence-electron chi connectivity index (χ0n) is 10.0. The van der Waals surface area contributed by atoms with Crippen molar-refractivity contribution in [2.75, 3.05) is 26.2 Å². The fraction of sp³-hybridized carbons (Fsp3) is 0.818. The van der Waals surface area contributed by atoms with Gasteiger partial charge in [-0.05, 0) is 19.8 Å². The van der Waals surface area contributed by atoms with Crippen molar-refractivity contribution in [2.45, 2.75) is 31.4 Å². The second-order valence-corrected chi connectivity index (χ2v) is 4.86. The summed E-state index contributed by atoms with van der Waals surface area (Å²) in [5.41, 5.74) is -0.229. The van der Waals surface area contributed by atoms with Crippen LogP contribution in [-0.2, 0) is 14.3 Å². The molecular weight excluding hydrogens is 222 g/mol. The Balaban J connectivity index is 1.75. The lowest BCUT2D eigenvalue weighted by Crippen LogP contribution is -2.59. The third-order valence-corrected chi connectivity index (χ3v) is 3.27. The number of piperazine rings is 1. The minimum atomic E-state index is -0.335. The molecule has 2 heterocycles. The van der Waals surface area contributed by atoms with Crippen LogP contribution in [0, 0.1) is 0 Å². The molecule has 2 saturated heterocycles. The van der Waals surface area contributed by atoms with Crippen molar-refractivity contribution in [3.63, 3.8) is 0 Å². The van der Waals surface area contributed by atoms with Crippen LogP contribution >= 0.6 is 0 Å². The molecule has 0 spiro atoms. The molecule has 0 aromatic rings. The molecule has 0 bridgehead atoms. The summed E-state index contributed by atoms with van der Waals surface area (Å²) in [4.78, 5) is 22.7. The van der Waals surface area contributed by atoms with Crippen LogP contribution in [0.5, 0.6) is 0 Å². The number of hydrogen-bond donors (Lipinski definition) is 3. The number of carbonyl (C=O) groups excluding carboxylic acids is 2. The Morgan fingerprint density at radius 1 is 1.65 bits per heavy atom. The highest BCUT2D eigenvalue weighted by molar-refractivity contribution is 5.86. The number of rotatable bonds is 3. The highest BCUT2D eigenvalue weighted by atomic mass is 16.5. The maximum atomic E-state index is 11.8. The van der Waals surface area contributed by atoms with Crippen LogP contribution in [0.25, 0.3) is 0 Å². The molecule has 17 heavy (non-hydrogen) atoms. The predicted octanol–water partition coefficient (Wildman–Crippen LogP) is -1.24. The van der Waals surface area contributed by atoms with Gasteiger partial charge in [0.05, 0.1) is 12.1 Å². The van der Waals surface area contributed by atoms with Gasteiger partial charge in [0.25, 0.3) is 0 Å². The van der Waals surface area contributed by atoms with Crippen molar-refractivity contribution in [2.24, 2.45) is 0 Å². The van der Waals surface area contributed by atoms with Gasteiger partial charge in [0.2, 0.25) is 11.8 Å². The molecule has 2 atom stereocenters. The molecule has 0 saturated carbocycles. The lowest BCUT2D eigenvalue weighted by molar-refractivity contribution is -0.127. The van der Waals surface area contributed by atoms with E-state index in [4.69, 9.17) is 4.74 Å². The quantitative estimate of drug-likeness (QED) is 0.577. The lowest BCUT2D eigenvalue weighted by atomic mass is 10.0. The summed E-state index contributed by atoms with van der Waals surface area (Å²) in [6.45, 7) is 3.85. The molecule has 6 nitrogen and oxygen atoms in total. The summed E-state index contributed by atoms with van der Waals surface area (Å²) in [6.07, 6.45) is 2.02. The van der Waals surface area contributed by atoms with Gasteiger partial charge in [-0.2, -0.15) is 0 Å². The van der Waals surface area contributed by atoms with E-state index in [9.17, 15) is 9.59 Å². The standard InChI is InChI=1S/C11H19N3O3/c1-11(3-2-4-17-11)7-14-10(16)8-5-13-9(15)6-12-8/h8,12H,2-7H2,1H3,(H,13,15)(H,14,16). The lowest BCUT2D eigenvalue weighted by Gasteiger charge is -2.27. The smallest absolute Gasteiger partial charge is 0.239 e. The van der Waals surface area contributed by atoms with Crippen LogP contribution in [0.1, 0.15) is 19.8 Å². The fourth-order valence-electron chi connectivity index (χ4n) is 2.13. The average molecular weight is 241 g/mol. The first kappa shape index (κ1) is 12.3. The summed E-state index contributed by atoms with van der Waals surface area (Å²) >= 11 is 0. The number of amides is 2. The topological polar surface area (TPSA) is 79.5 Å². The van der Waals surface area contributed by atoms with Crippen LogP contribution in [0.4, 0.5) is 0 Å². The SMILES string of the molecule is CC1(CNC(=O)C2CNC(=O)CN2)CCCO1. The monoisotopic (exact) mass is 241 g/mol. The van der Waals surface area contributed by atoms with E-state index in [1.54, 1.807) is 0 Å². The molecule has 2 aliphatic heterocycles. The molecule has 2 rings (SSSR count). The number of carbonyl (C=O) groups is 2. The van der Waals surface area contributed by atoms with Gasteiger partial charge in [-0.25, -0.2) is 0 Å². The zero-order chi connectivity index (χ0) is 12.3. The molecule has 2 unspecified atom stereocenters. The van der Waals surface area contributed by atoms with Crippen molar-refractivity contribution in [1.82, 2.24) is 16.0 Å². The summed E-state index contributed by atoms with van der Waals surface area (Å²) in [7, 11) is 0. The van der Waals surface area contributed by atoms with Gasteiger partial charge in [-0.15, -0.1) is 0 Å². The Bertz CT molecular complexity index is 303. The molecular formula is C11H19N3O3. The molecule has 2 amide bonds. The van der Waals surface area contributed by atoms with Crippen molar-refractivity contribution in [3.8, 4) is 0 Å². The van der Waals surface area contributed by atoms with E-state index >= 15 is 0 Å². The van der Waals surface area contributed by atoms with E-state index in [0.29, 0.717) is 13.1 Å². The van der Waals surface area contributed by atoms with E-state index in [-0.39, 0.29) is 30.0 Å². The van der Waals surface area contributed by atoms with Crippen molar-refractivity contribution >= 4 is 11.8 Å². The molecule has 2 aliphatic rings. The minimum absolute atomic E-state index is 0.0693. The normalized spacial score (nSPS) is 33.2. The third kappa shape index (κ3) is 3.17. The number of nitrogens with one attached hydrogen (secondary N) is 3. The Morgan fingerprint density at radius 2 is 2.47 bits per heavy atom. The molecule has 0 aromatic heterocycles.